The zero-order chi connectivity index (χ0) is 16.4. The van der Waals surface area contributed by atoms with E-state index < -0.39 is 4.92 Å². The molecule has 1 heterocycles. The van der Waals surface area contributed by atoms with Gasteiger partial charge in [-0.3, -0.25) is 10.1 Å². The van der Waals surface area contributed by atoms with Crippen LogP contribution in [0, 0.1) is 21.4 Å². The van der Waals surface area contributed by atoms with Crippen molar-refractivity contribution in [3.8, 4) is 23.0 Å². The van der Waals surface area contributed by atoms with Crippen molar-refractivity contribution in [3.05, 3.63) is 70.3 Å². The normalized spacial score (nSPS) is 10.2. The maximum Gasteiger partial charge on any atom is 0.269 e. The summed E-state index contributed by atoms with van der Waals surface area (Å²) >= 11 is 0. The van der Waals surface area contributed by atoms with Gasteiger partial charge in [0.05, 0.1) is 10.6 Å². The van der Waals surface area contributed by atoms with E-state index in [0.717, 1.165) is 5.69 Å². The maximum atomic E-state index is 10.7. The van der Waals surface area contributed by atoms with Crippen LogP contribution in [0.25, 0.3) is 16.9 Å². The average molecular weight is 305 g/mol. The monoisotopic (exact) mass is 305 g/mol. The topological polar surface area (TPSA) is 111 Å². The molecule has 7 nitrogen and oxygen atoms in total. The van der Waals surface area contributed by atoms with Crippen molar-refractivity contribution >= 4 is 11.5 Å². The van der Waals surface area contributed by atoms with Crippen LogP contribution in [0.5, 0.6) is 0 Å². The number of nitrogens with two attached hydrogens (primary N) is 1. The first kappa shape index (κ1) is 14.3. The number of aromatic nitrogens is 2. The van der Waals surface area contributed by atoms with Gasteiger partial charge in [-0.25, -0.2) is 4.68 Å². The summed E-state index contributed by atoms with van der Waals surface area (Å²) in [6, 6.07) is 17.1. The van der Waals surface area contributed by atoms with E-state index in [9.17, 15) is 15.4 Å². The third kappa shape index (κ3) is 2.49. The van der Waals surface area contributed by atoms with Gasteiger partial charge in [0, 0.05) is 17.7 Å². The van der Waals surface area contributed by atoms with Crippen molar-refractivity contribution < 1.29 is 4.92 Å². The van der Waals surface area contributed by atoms with E-state index >= 15 is 0 Å². The van der Waals surface area contributed by atoms with Gasteiger partial charge in [-0.1, -0.05) is 18.2 Å². The van der Waals surface area contributed by atoms with E-state index in [-0.39, 0.29) is 17.1 Å². The van der Waals surface area contributed by atoms with Crippen molar-refractivity contribution in [1.29, 1.82) is 5.26 Å². The number of nitro benzene ring substituents is 1. The zero-order valence-corrected chi connectivity index (χ0v) is 11.9. The van der Waals surface area contributed by atoms with Crippen LogP contribution in [-0.2, 0) is 0 Å². The quantitative estimate of drug-likeness (QED) is 0.590. The summed E-state index contributed by atoms with van der Waals surface area (Å²) in [5, 5.41) is 24.5. The third-order valence-electron chi connectivity index (χ3n) is 3.39. The molecule has 0 aliphatic rings. The summed E-state index contributed by atoms with van der Waals surface area (Å²) in [5.74, 6) is 0.229. The van der Waals surface area contributed by atoms with Crippen LogP contribution in [0.1, 0.15) is 5.56 Å². The van der Waals surface area contributed by atoms with E-state index in [1.165, 1.54) is 16.8 Å². The molecule has 0 spiro atoms. The highest BCUT2D eigenvalue weighted by Gasteiger charge is 2.18. The number of non-ortho nitro benzene ring substituents is 1. The summed E-state index contributed by atoms with van der Waals surface area (Å²) in [4.78, 5) is 10.2. The molecule has 23 heavy (non-hydrogen) atoms. The van der Waals surface area contributed by atoms with E-state index in [2.05, 4.69) is 5.10 Å². The van der Waals surface area contributed by atoms with Gasteiger partial charge >= 0.3 is 0 Å². The number of nitro groups is 1. The molecule has 0 aliphatic carbocycles. The van der Waals surface area contributed by atoms with Gasteiger partial charge in [0.2, 0.25) is 0 Å². The molecule has 0 fully saturated rings. The standard InChI is InChI=1S/C16H11N5O2/c17-10-14-15(11-6-8-13(9-7-11)21(22)23)19-20(16(14)18)12-4-2-1-3-5-12/h1-9H,18H2. The second-order valence-corrected chi connectivity index (χ2v) is 4.77. The molecule has 2 aromatic carbocycles. The Morgan fingerprint density at radius 2 is 1.78 bits per heavy atom. The smallest absolute Gasteiger partial charge is 0.269 e. The molecule has 1 aromatic heterocycles. The Hall–Kier alpha value is -3.66. The Labute approximate surface area is 131 Å². The number of para-hydroxylation sites is 1. The maximum absolute atomic E-state index is 10.7. The highest BCUT2D eigenvalue weighted by atomic mass is 16.6. The van der Waals surface area contributed by atoms with Gasteiger partial charge in [-0.2, -0.15) is 10.4 Å². The predicted molar refractivity (Wildman–Crippen MR) is 84.8 cm³/mol. The lowest BCUT2D eigenvalue weighted by Crippen LogP contribution is -2.01. The Balaban J connectivity index is 2.13. The number of nitrogen functional groups attached to an aromatic ring is 1. The van der Waals surface area contributed by atoms with Gasteiger partial charge in [-0.15, -0.1) is 0 Å². The van der Waals surface area contributed by atoms with Crippen molar-refractivity contribution in [2.75, 3.05) is 5.73 Å². The van der Waals surface area contributed by atoms with Gasteiger partial charge in [0.1, 0.15) is 23.1 Å². The molecule has 0 saturated heterocycles. The first-order chi connectivity index (χ1) is 11.1. The van der Waals surface area contributed by atoms with Crippen molar-refractivity contribution in [2.24, 2.45) is 0 Å². The van der Waals surface area contributed by atoms with Crippen LogP contribution in [0.2, 0.25) is 0 Å². The number of anilines is 1. The van der Waals surface area contributed by atoms with Crippen molar-refractivity contribution in [3.63, 3.8) is 0 Å². The lowest BCUT2D eigenvalue weighted by Gasteiger charge is -2.02. The zero-order valence-electron chi connectivity index (χ0n) is 11.9. The molecular formula is C16H11N5O2. The fraction of sp³-hybridized carbons (Fsp3) is 0. The van der Waals surface area contributed by atoms with E-state index in [0.29, 0.717) is 11.3 Å². The number of hydrogen-bond donors (Lipinski definition) is 1. The molecular weight excluding hydrogens is 294 g/mol. The summed E-state index contributed by atoms with van der Waals surface area (Å²) in [6.07, 6.45) is 0. The van der Waals surface area contributed by atoms with Crippen LogP contribution < -0.4 is 5.73 Å². The molecule has 112 valence electrons. The molecule has 0 atom stereocenters. The molecule has 0 unspecified atom stereocenters. The SMILES string of the molecule is N#Cc1c(-c2ccc([N+](=O)[O-])cc2)nn(-c2ccccc2)c1N. The number of nitrogens with zero attached hydrogens (tertiary/aromatic N) is 4. The number of hydrogen-bond acceptors (Lipinski definition) is 5. The third-order valence-corrected chi connectivity index (χ3v) is 3.39. The van der Waals surface area contributed by atoms with Crippen LogP contribution in [0.15, 0.2) is 54.6 Å². The summed E-state index contributed by atoms with van der Waals surface area (Å²) in [6.45, 7) is 0. The second-order valence-electron chi connectivity index (χ2n) is 4.77. The molecule has 0 amide bonds. The Morgan fingerprint density at radius 1 is 1.13 bits per heavy atom. The van der Waals surface area contributed by atoms with Crippen LogP contribution in [-0.4, -0.2) is 14.7 Å². The Morgan fingerprint density at radius 3 is 2.35 bits per heavy atom. The first-order valence-electron chi connectivity index (χ1n) is 6.70. The number of rotatable bonds is 3. The lowest BCUT2D eigenvalue weighted by atomic mass is 10.1. The Kier molecular flexibility index (Phi) is 3.49. The lowest BCUT2D eigenvalue weighted by molar-refractivity contribution is -0.384. The molecule has 3 aromatic rings. The van der Waals surface area contributed by atoms with Crippen LogP contribution >= 0.6 is 0 Å². The highest BCUT2D eigenvalue weighted by Crippen LogP contribution is 2.29. The van der Waals surface area contributed by atoms with Crippen LogP contribution in [0.3, 0.4) is 0 Å². The van der Waals surface area contributed by atoms with Crippen LogP contribution in [0.4, 0.5) is 11.5 Å². The summed E-state index contributed by atoms with van der Waals surface area (Å²) < 4.78 is 1.48. The van der Waals surface area contributed by atoms with E-state index in [1.54, 1.807) is 12.1 Å². The van der Waals surface area contributed by atoms with Crippen molar-refractivity contribution in [2.45, 2.75) is 0 Å². The number of nitriles is 1. The molecule has 7 heteroatoms. The second kappa shape index (κ2) is 5.61. The van der Waals surface area contributed by atoms with E-state index in [1.807, 2.05) is 36.4 Å². The summed E-state index contributed by atoms with van der Waals surface area (Å²) in [5.41, 5.74) is 7.96. The summed E-state index contributed by atoms with van der Waals surface area (Å²) in [7, 11) is 0. The minimum Gasteiger partial charge on any atom is -0.382 e. The van der Waals surface area contributed by atoms with E-state index in [4.69, 9.17) is 5.73 Å². The highest BCUT2D eigenvalue weighted by molar-refractivity contribution is 5.74. The molecule has 0 bridgehead atoms. The fourth-order valence-corrected chi connectivity index (χ4v) is 2.25. The average Bonchev–Trinajstić information content (AvgIpc) is 2.92. The molecule has 2 N–H and O–H groups in total. The predicted octanol–water partition coefficient (Wildman–Crippen LogP) is 2.90. The van der Waals surface area contributed by atoms with Gasteiger partial charge in [0.15, 0.2) is 0 Å². The first-order valence-corrected chi connectivity index (χ1v) is 6.70. The molecule has 3 rings (SSSR count). The van der Waals surface area contributed by atoms with Gasteiger partial charge < -0.3 is 5.73 Å². The van der Waals surface area contributed by atoms with Gasteiger partial charge in [0.25, 0.3) is 5.69 Å². The van der Waals surface area contributed by atoms with Crippen molar-refractivity contribution in [1.82, 2.24) is 9.78 Å². The Bertz CT molecular complexity index is 908. The molecule has 0 aliphatic heterocycles. The minimum atomic E-state index is -0.480. The molecule has 0 saturated carbocycles. The minimum absolute atomic E-state index is 0.0253. The van der Waals surface area contributed by atoms with Gasteiger partial charge in [-0.05, 0) is 24.3 Å². The number of benzene rings is 2. The largest absolute Gasteiger partial charge is 0.382 e. The fourth-order valence-electron chi connectivity index (χ4n) is 2.25. The molecule has 0 radical (unpaired) electrons.